The van der Waals surface area contributed by atoms with Crippen molar-refractivity contribution in [3.05, 3.63) is 29.8 Å². The van der Waals surface area contributed by atoms with E-state index >= 15 is 0 Å². The molecule has 0 aliphatic rings. The lowest BCUT2D eigenvalue weighted by Gasteiger charge is -2.14. The van der Waals surface area contributed by atoms with E-state index in [4.69, 9.17) is 10.4 Å². The van der Waals surface area contributed by atoms with Gasteiger partial charge in [-0.05, 0) is 38.0 Å². The van der Waals surface area contributed by atoms with Gasteiger partial charge in [0.1, 0.15) is 5.75 Å². The summed E-state index contributed by atoms with van der Waals surface area (Å²) in [7, 11) is 0. The van der Waals surface area contributed by atoms with Crippen LogP contribution in [0.4, 0.5) is 0 Å². The summed E-state index contributed by atoms with van der Waals surface area (Å²) in [6.45, 7) is 4.72. The van der Waals surface area contributed by atoms with E-state index in [0.29, 0.717) is 11.8 Å². The van der Waals surface area contributed by atoms with Gasteiger partial charge in [-0.1, -0.05) is 12.1 Å². The summed E-state index contributed by atoms with van der Waals surface area (Å²) in [6.07, 6.45) is 0.901. The van der Waals surface area contributed by atoms with E-state index < -0.39 is 0 Å². The van der Waals surface area contributed by atoms with Crippen LogP contribution in [0.5, 0.6) is 5.75 Å². The summed E-state index contributed by atoms with van der Waals surface area (Å²) in [5.74, 6) is 0.338. The number of phenols is 1. The standard InChI is InChI=1S/C13H18N2O/c1-10(8-14)9-15-11(2)7-12-3-5-13(16)6-4-12/h3-6,10-11,15-16H,7,9H2,1-2H3. The first kappa shape index (κ1) is 12.5. The fraction of sp³-hybridized carbons (Fsp3) is 0.462. The van der Waals surface area contributed by atoms with Crippen LogP contribution in [0.15, 0.2) is 24.3 Å². The number of hydrogen-bond donors (Lipinski definition) is 2. The minimum absolute atomic E-state index is 0.0438. The van der Waals surface area contributed by atoms with Crippen molar-refractivity contribution in [2.75, 3.05) is 6.54 Å². The first-order valence-electron chi connectivity index (χ1n) is 5.52. The lowest BCUT2D eigenvalue weighted by atomic mass is 10.1. The first-order chi connectivity index (χ1) is 7.61. The topological polar surface area (TPSA) is 56.0 Å². The van der Waals surface area contributed by atoms with Gasteiger partial charge in [-0.25, -0.2) is 0 Å². The summed E-state index contributed by atoms with van der Waals surface area (Å²) < 4.78 is 0. The maximum atomic E-state index is 9.15. The van der Waals surface area contributed by atoms with E-state index in [2.05, 4.69) is 18.3 Å². The monoisotopic (exact) mass is 218 g/mol. The van der Waals surface area contributed by atoms with Gasteiger partial charge in [-0.15, -0.1) is 0 Å². The predicted octanol–water partition coefficient (Wildman–Crippen LogP) is 2.07. The van der Waals surface area contributed by atoms with Crippen molar-refractivity contribution in [3.8, 4) is 11.8 Å². The third-order valence-electron chi connectivity index (χ3n) is 2.47. The van der Waals surface area contributed by atoms with Gasteiger partial charge < -0.3 is 10.4 Å². The van der Waals surface area contributed by atoms with Gasteiger partial charge in [0, 0.05) is 12.6 Å². The van der Waals surface area contributed by atoms with Crippen molar-refractivity contribution in [3.63, 3.8) is 0 Å². The van der Waals surface area contributed by atoms with Crippen LogP contribution >= 0.6 is 0 Å². The fourth-order valence-electron chi connectivity index (χ4n) is 1.48. The largest absolute Gasteiger partial charge is 0.508 e. The van der Waals surface area contributed by atoms with E-state index in [1.54, 1.807) is 12.1 Å². The molecule has 3 heteroatoms. The molecular weight excluding hydrogens is 200 g/mol. The Balaban J connectivity index is 2.37. The number of benzene rings is 1. The molecule has 0 aliphatic heterocycles. The fourth-order valence-corrected chi connectivity index (χ4v) is 1.48. The third kappa shape index (κ3) is 4.33. The van der Waals surface area contributed by atoms with Gasteiger partial charge in [0.2, 0.25) is 0 Å². The van der Waals surface area contributed by atoms with Gasteiger partial charge in [0.25, 0.3) is 0 Å². The van der Waals surface area contributed by atoms with Gasteiger partial charge >= 0.3 is 0 Å². The average molecular weight is 218 g/mol. The first-order valence-corrected chi connectivity index (χ1v) is 5.52. The molecule has 0 fully saturated rings. The number of rotatable bonds is 5. The summed E-state index contributed by atoms with van der Waals surface area (Å²) in [4.78, 5) is 0. The Bertz CT molecular complexity index is 353. The Morgan fingerprint density at radius 3 is 2.50 bits per heavy atom. The van der Waals surface area contributed by atoms with Crippen LogP contribution in [0.2, 0.25) is 0 Å². The molecular formula is C13H18N2O. The third-order valence-corrected chi connectivity index (χ3v) is 2.47. The SMILES string of the molecule is CC(C#N)CNC(C)Cc1ccc(O)cc1. The van der Waals surface area contributed by atoms with E-state index in [-0.39, 0.29) is 5.92 Å². The Morgan fingerprint density at radius 1 is 1.31 bits per heavy atom. The lowest BCUT2D eigenvalue weighted by molar-refractivity contribution is 0.474. The number of nitriles is 1. The number of nitrogens with one attached hydrogen (secondary N) is 1. The Kier molecular flexibility index (Phi) is 4.81. The molecule has 2 N–H and O–H groups in total. The second-order valence-electron chi connectivity index (χ2n) is 4.21. The Hall–Kier alpha value is -1.53. The van der Waals surface area contributed by atoms with Crippen LogP contribution in [0.25, 0.3) is 0 Å². The lowest BCUT2D eigenvalue weighted by Crippen LogP contribution is -2.31. The zero-order chi connectivity index (χ0) is 12.0. The summed E-state index contributed by atoms with van der Waals surface area (Å²) in [5, 5.41) is 21.1. The normalized spacial score (nSPS) is 14.1. The maximum Gasteiger partial charge on any atom is 0.115 e. The van der Waals surface area contributed by atoms with Crippen molar-refractivity contribution < 1.29 is 5.11 Å². The van der Waals surface area contributed by atoms with E-state index in [9.17, 15) is 0 Å². The van der Waals surface area contributed by atoms with Gasteiger partial charge in [-0.3, -0.25) is 0 Å². The van der Waals surface area contributed by atoms with E-state index in [1.807, 2.05) is 19.1 Å². The zero-order valence-corrected chi connectivity index (χ0v) is 9.77. The molecule has 0 amide bonds. The summed E-state index contributed by atoms with van der Waals surface area (Å²) in [6, 6.07) is 9.75. The summed E-state index contributed by atoms with van der Waals surface area (Å²) >= 11 is 0. The van der Waals surface area contributed by atoms with E-state index in [0.717, 1.165) is 13.0 Å². The molecule has 1 rings (SSSR count). The quantitative estimate of drug-likeness (QED) is 0.795. The molecule has 86 valence electrons. The highest BCUT2D eigenvalue weighted by atomic mass is 16.3. The second-order valence-corrected chi connectivity index (χ2v) is 4.21. The van der Waals surface area contributed by atoms with Crippen LogP contribution in [-0.2, 0) is 6.42 Å². The van der Waals surface area contributed by atoms with Gasteiger partial charge in [0.15, 0.2) is 0 Å². The number of aromatic hydroxyl groups is 1. The van der Waals surface area contributed by atoms with Crippen molar-refractivity contribution in [2.24, 2.45) is 5.92 Å². The molecule has 2 atom stereocenters. The molecule has 0 saturated carbocycles. The van der Waals surface area contributed by atoms with Crippen LogP contribution in [0.1, 0.15) is 19.4 Å². The minimum Gasteiger partial charge on any atom is -0.508 e. The highest BCUT2D eigenvalue weighted by Crippen LogP contribution is 2.11. The molecule has 0 aromatic heterocycles. The van der Waals surface area contributed by atoms with Gasteiger partial charge in [0.05, 0.1) is 12.0 Å². The van der Waals surface area contributed by atoms with Crippen LogP contribution in [-0.4, -0.2) is 17.7 Å². The van der Waals surface area contributed by atoms with Crippen molar-refractivity contribution >= 4 is 0 Å². The Morgan fingerprint density at radius 2 is 1.94 bits per heavy atom. The van der Waals surface area contributed by atoms with Crippen molar-refractivity contribution in [1.82, 2.24) is 5.32 Å². The molecule has 0 bridgehead atoms. The molecule has 0 aliphatic carbocycles. The highest BCUT2D eigenvalue weighted by molar-refractivity contribution is 5.26. The molecule has 2 unspecified atom stereocenters. The molecule has 0 spiro atoms. The molecule has 16 heavy (non-hydrogen) atoms. The van der Waals surface area contributed by atoms with Crippen molar-refractivity contribution in [1.29, 1.82) is 5.26 Å². The maximum absolute atomic E-state index is 9.15. The van der Waals surface area contributed by atoms with E-state index in [1.165, 1.54) is 5.56 Å². The smallest absolute Gasteiger partial charge is 0.115 e. The number of phenolic OH excluding ortho intramolecular Hbond substituents is 1. The Labute approximate surface area is 96.7 Å². The summed E-state index contributed by atoms with van der Waals surface area (Å²) in [5.41, 5.74) is 1.18. The van der Waals surface area contributed by atoms with Crippen molar-refractivity contribution in [2.45, 2.75) is 26.3 Å². The molecule has 0 heterocycles. The highest BCUT2D eigenvalue weighted by Gasteiger charge is 2.05. The van der Waals surface area contributed by atoms with Crippen LogP contribution in [0, 0.1) is 17.2 Å². The average Bonchev–Trinajstić information content (AvgIpc) is 2.29. The zero-order valence-electron chi connectivity index (χ0n) is 9.77. The molecule has 0 radical (unpaired) electrons. The molecule has 0 saturated heterocycles. The number of nitrogens with zero attached hydrogens (tertiary/aromatic N) is 1. The van der Waals surface area contributed by atoms with Crippen LogP contribution in [0.3, 0.4) is 0 Å². The minimum atomic E-state index is 0.0438. The molecule has 1 aromatic carbocycles. The molecule has 3 nitrogen and oxygen atoms in total. The second kappa shape index (κ2) is 6.14. The van der Waals surface area contributed by atoms with Crippen LogP contribution < -0.4 is 5.32 Å². The van der Waals surface area contributed by atoms with Gasteiger partial charge in [-0.2, -0.15) is 5.26 Å². The number of hydrogen-bond acceptors (Lipinski definition) is 3. The predicted molar refractivity (Wildman–Crippen MR) is 64.1 cm³/mol. The molecule has 1 aromatic rings.